The van der Waals surface area contributed by atoms with Gasteiger partial charge in [0, 0.05) is 0 Å². The molecule has 19 heavy (non-hydrogen) atoms. The molecule has 2 heterocycles. The number of ether oxygens (including phenoxy) is 1. The third-order valence-corrected chi connectivity index (χ3v) is 3.20. The summed E-state index contributed by atoms with van der Waals surface area (Å²) >= 11 is 0. The topological polar surface area (TPSA) is 42.7 Å². The number of likely N-dealkylation sites (tertiary alicyclic amines) is 1. The maximum absolute atomic E-state index is 12.2. The normalized spacial score (nSPS) is 20.7. The lowest BCUT2D eigenvalue weighted by atomic mass is 10.1. The van der Waals surface area contributed by atoms with Crippen LogP contribution < -0.4 is 0 Å². The van der Waals surface area contributed by atoms with E-state index in [1.54, 1.807) is 0 Å². The van der Waals surface area contributed by atoms with Crippen LogP contribution in [0.15, 0.2) is 16.5 Å². The van der Waals surface area contributed by atoms with Gasteiger partial charge in [-0.3, -0.25) is 9.69 Å². The van der Waals surface area contributed by atoms with E-state index >= 15 is 0 Å². The number of nitrogens with zero attached hydrogens (tertiary/aromatic N) is 1. The van der Waals surface area contributed by atoms with Gasteiger partial charge in [0.2, 0.25) is 0 Å². The molecule has 0 radical (unpaired) electrons. The van der Waals surface area contributed by atoms with Crippen molar-refractivity contribution < 1.29 is 13.9 Å². The molecule has 0 spiro atoms. The van der Waals surface area contributed by atoms with E-state index in [0.29, 0.717) is 6.54 Å². The molecule has 0 saturated carbocycles. The molecule has 0 aliphatic carbocycles. The Labute approximate surface area is 114 Å². The average Bonchev–Trinajstić information content (AvgIpc) is 2.86. The Morgan fingerprint density at radius 1 is 1.47 bits per heavy atom. The Hall–Kier alpha value is -1.29. The third-order valence-electron chi connectivity index (χ3n) is 3.20. The Balaban J connectivity index is 1.98. The highest BCUT2D eigenvalue weighted by Gasteiger charge is 2.34. The SMILES string of the molecule is Cc1ccc(CN2CCC[C@@H]2C(=O)OC(C)(C)C)o1. The van der Waals surface area contributed by atoms with Crippen LogP contribution >= 0.6 is 0 Å². The van der Waals surface area contributed by atoms with E-state index < -0.39 is 5.60 Å². The Morgan fingerprint density at radius 2 is 2.21 bits per heavy atom. The average molecular weight is 265 g/mol. The van der Waals surface area contributed by atoms with Crippen molar-refractivity contribution in [3.8, 4) is 0 Å². The minimum atomic E-state index is -0.424. The van der Waals surface area contributed by atoms with Crippen molar-refractivity contribution in [2.24, 2.45) is 0 Å². The Bertz CT molecular complexity index is 444. The van der Waals surface area contributed by atoms with E-state index in [0.717, 1.165) is 30.9 Å². The van der Waals surface area contributed by atoms with Crippen molar-refractivity contribution in [3.63, 3.8) is 0 Å². The van der Waals surface area contributed by atoms with Gasteiger partial charge < -0.3 is 9.15 Å². The first kappa shape index (κ1) is 14.1. The molecule has 0 amide bonds. The summed E-state index contributed by atoms with van der Waals surface area (Å²) in [5.74, 6) is 1.70. The van der Waals surface area contributed by atoms with Crippen molar-refractivity contribution in [3.05, 3.63) is 23.7 Å². The van der Waals surface area contributed by atoms with Crippen molar-refractivity contribution in [2.75, 3.05) is 6.54 Å². The zero-order chi connectivity index (χ0) is 14.0. The Morgan fingerprint density at radius 3 is 2.79 bits per heavy atom. The lowest BCUT2D eigenvalue weighted by molar-refractivity contribution is -0.160. The number of esters is 1. The lowest BCUT2D eigenvalue weighted by Gasteiger charge is -2.26. The summed E-state index contributed by atoms with van der Waals surface area (Å²) in [4.78, 5) is 14.3. The van der Waals surface area contributed by atoms with Gasteiger partial charge in [-0.15, -0.1) is 0 Å². The zero-order valence-electron chi connectivity index (χ0n) is 12.2. The monoisotopic (exact) mass is 265 g/mol. The first-order valence-corrected chi connectivity index (χ1v) is 6.87. The molecule has 1 aromatic heterocycles. The lowest BCUT2D eigenvalue weighted by Crippen LogP contribution is -2.40. The van der Waals surface area contributed by atoms with Crippen molar-refractivity contribution in [1.29, 1.82) is 0 Å². The molecule has 4 nitrogen and oxygen atoms in total. The van der Waals surface area contributed by atoms with Gasteiger partial charge in [0.25, 0.3) is 0 Å². The second kappa shape index (κ2) is 5.37. The smallest absolute Gasteiger partial charge is 0.323 e. The van der Waals surface area contributed by atoms with Crippen LogP contribution in [0.3, 0.4) is 0 Å². The molecule has 0 unspecified atom stereocenters. The summed E-state index contributed by atoms with van der Waals surface area (Å²) in [5.41, 5.74) is -0.424. The molecular formula is C15H23NO3. The second-order valence-electron chi connectivity index (χ2n) is 6.17. The quantitative estimate of drug-likeness (QED) is 0.788. The van der Waals surface area contributed by atoms with Crippen LogP contribution in [-0.2, 0) is 16.1 Å². The van der Waals surface area contributed by atoms with E-state index in [1.165, 1.54) is 0 Å². The first-order valence-electron chi connectivity index (χ1n) is 6.87. The molecule has 0 aromatic carbocycles. The van der Waals surface area contributed by atoms with Crippen LogP contribution in [0.25, 0.3) is 0 Å². The van der Waals surface area contributed by atoms with E-state index in [-0.39, 0.29) is 12.0 Å². The predicted molar refractivity (Wildman–Crippen MR) is 72.7 cm³/mol. The maximum atomic E-state index is 12.2. The minimum Gasteiger partial charge on any atom is -0.465 e. The third kappa shape index (κ3) is 3.83. The van der Waals surface area contributed by atoms with Crippen molar-refractivity contribution >= 4 is 5.97 Å². The number of carbonyl (C=O) groups excluding carboxylic acids is 1. The van der Waals surface area contributed by atoms with Crippen LogP contribution in [-0.4, -0.2) is 29.1 Å². The summed E-state index contributed by atoms with van der Waals surface area (Å²) < 4.78 is 11.1. The van der Waals surface area contributed by atoms with Crippen LogP contribution in [0.1, 0.15) is 45.1 Å². The van der Waals surface area contributed by atoms with E-state index in [4.69, 9.17) is 9.15 Å². The molecule has 2 rings (SSSR count). The summed E-state index contributed by atoms with van der Waals surface area (Å²) in [7, 11) is 0. The van der Waals surface area contributed by atoms with Crippen LogP contribution in [0.2, 0.25) is 0 Å². The van der Waals surface area contributed by atoms with E-state index in [2.05, 4.69) is 4.90 Å². The van der Waals surface area contributed by atoms with Crippen molar-refractivity contribution in [1.82, 2.24) is 4.90 Å². The number of carbonyl (C=O) groups is 1. The van der Waals surface area contributed by atoms with E-state index in [1.807, 2.05) is 39.8 Å². The standard InChI is InChI=1S/C15H23NO3/c1-11-7-8-12(18-11)10-16-9-5-6-13(16)14(17)19-15(2,3)4/h7-8,13H,5-6,9-10H2,1-4H3/t13-/m1/s1. The van der Waals surface area contributed by atoms with Crippen LogP contribution in [0.5, 0.6) is 0 Å². The van der Waals surface area contributed by atoms with Gasteiger partial charge >= 0.3 is 5.97 Å². The molecular weight excluding hydrogens is 242 g/mol. The molecule has 1 fully saturated rings. The highest BCUT2D eigenvalue weighted by molar-refractivity contribution is 5.76. The molecule has 1 atom stereocenters. The van der Waals surface area contributed by atoms with E-state index in [9.17, 15) is 4.79 Å². The largest absolute Gasteiger partial charge is 0.465 e. The zero-order valence-corrected chi connectivity index (χ0v) is 12.2. The highest BCUT2D eigenvalue weighted by Crippen LogP contribution is 2.23. The molecule has 1 aliphatic rings. The Kier molecular flexibility index (Phi) is 3.99. The molecule has 0 bridgehead atoms. The van der Waals surface area contributed by atoms with Gasteiger partial charge in [0.1, 0.15) is 23.2 Å². The minimum absolute atomic E-state index is 0.117. The molecule has 0 N–H and O–H groups in total. The van der Waals surface area contributed by atoms with Gasteiger partial charge in [-0.1, -0.05) is 0 Å². The van der Waals surface area contributed by atoms with Gasteiger partial charge in [-0.05, 0) is 59.2 Å². The highest BCUT2D eigenvalue weighted by atomic mass is 16.6. The van der Waals surface area contributed by atoms with Crippen molar-refractivity contribution in [2.45, 2.75) is 58.7 Å². The summed E-state index contributed by atoms with van der Waals surface area (Å²) in [6, 6.07) is 3.79. The molecule has 4 heteroatoms. The predicted octanol–water partition coefficient (Wildman–Crippen LogP) is 2.89. The number of hydrogen-bond acceptors (Lipinski definition) is 4. The molecule has 1 aromatic rings. The van der Waals surface area contributed by atoms with Gasteiger partial charge in [-0.2, -0.15) is 0 Å². The summed E-state index contributed by atoms with van der Waals surface area (Å²) in [6.45, 7) is 9.24. The van der Waals surface area contributed by atoms with Gasteiger partial charge in [0.15, 0.2) is 0 Å². The number of rotatable bonds is 3. The number of aryl methyl sites for hydroxylation is 1. The van der Waals surface area contributed by atoms with Crippen LogP contribution in [0, 0.1) is 6.92 Å². The fourth-order valence-electron chi connectivity index (χ4n) is 2.42. The number of hydrogen-bond donors (Lipinski definition) is 0. The fraction of sp³-hybridized carbons (Fsp3) is 0.667. The van der Waals surface area contributed by atoms with Crippen LogP contribution in [0.4, 0.5) is 0 Å². The second-order valence-corrected chi connectivity index (χ2v) is 6.17. The molecule has 1 saturated heterocycles. The van der Waals surface area contributed by atoms with Gasteiger partial charge in [0.05, 0.1) is 6.54 Å². The van der Waals surface area contributed by atoms with Gasteiger partial charge in [-0.25, -0.2) is 0 Å². The molecule has 106 valence electrons. The fourth-order valence-corrected chi connectivity index (χ4v) is 2.42. The maximum Gasteiger partial charge on any atom is 0.323 e. The summed E-state index contributed by atoms with van der Waals surface area (Å²) in [5, 5.41) is 0. The number of furan rings is 1. The first-order chi connectivity index (χ1) is 8.85. The molecule has 1 aliphatic heterocycles. The summed E-state index contributed by atoms with van der Waals surface area (Å²) in [6.07, 6.45) is 1.90.